The second kappa shape index (κ2) is 8.48. The molecule has 0 atom stereocenters. The van der Waals surface area contributed by atoms with Crippen LogP contribution in [0.3, 0.4) is 0 Å². The molecule has 4 nitrogen and oxygen atoms in total. The highest BCUT2D eigenvalue weighted by atomic mass is 35.5. The Morgan fingerprint density at radius 1 is 1.07 bits per heavy atom. The topological polar surface area (TPSA) is 49.4 Å². The van der Waals surface area contributed by atoms with Crippen molar-refractivity contribution in [2.24, 2.45) is 5.92 Å². The van der Waals surface area contributed by atoms with E-state index in [0.29, 0.717) is 32.5 Å². The Morgan fingerprint density at radius 3 is 2.37 bits per heavy atom. The van der Waals surface area contributed by atoms with Gasteiger partial charge in [-0.25, -0.2) is 8.78 Å². The number of likely N-dealkylation sites (tertiary alicyclic amines) is 1. The minimum absolute atomic E-state index is 0.0826. The van der Waals surface area contributed by atoms with E-state index in [-0.39, 0.29) is 28.2 Å². The highest BCUT2D eigenvalue weighted by Gasteiger charge is 2.29. The number of amides is 2. The Kier molecular flexibility index (Phi) is 6.06. The number of nitrogens with zero attached hydrogens (tertiary/aromatic N) is 1. The molecule has 7 heteroatoms. The molecule has 0 spiro atoms. The quantitative estimate of drug-likeness (QED) is 0.860. The van der Waals surface area contributed by atoms with E-state index in [4.69, 9.17) is 11.6 Å². The molecule has 1 saturated heterocycles. The van der Waals surface area contributed by atoms with Gasteiger partial charge in [0.1, 0.15) is 11.6 Å². The Labute approximate surface area is 161 Å². The molecular weight excluding hydrogens is 374 g/mol. The summed E-state index contributed by atoms with van der Waals surface area (Å²) in [6, 6.07) is 10.1. The van der Waals surface area contributed by atoms with E-state index in [9.17, 15) is 18.4 Å². The number of carbonyl (C=O) groups is 2. The average molecular weight is 393 g/mol. The first-order chi connectivity index (χ1) is 13.0. The van der Waals surface area contributed by atoms with Crippen molar-refractivity contribution in [2.45, 2.75) is 19.4 Å². The van der Waals surface area contributed by atoms with Crippen molar-refractivity contribution in [3.8, 4) is 0 Å². The van der Waals surface area contributed by atoms with Crippen LogP contribution >= 0.6 is 11.6 Å². The number of nitrogens with one attached hydrogen (secondary N) is 1. The van der Waals surface area contributed by atoms with Crippen molar-refractivity contribution in [3.63, 3.8) is 0 Å². The summed E-state index contributed by atoms with van der Waals surface area (Å²) >= 11 is 5.96. The normalized spacial score (nSPS) is 14.9. The fourth-order valence-corrected chi connectivity index (χ4v) is 3.38. The zero-order valence-electron chi connectivity index (χ0n) is 14.6. The number of rotatable bonds is 4. The molecule has 142 valence electrons. The first kappa shape index (κ1) is 19.3. The van der Waals surface area contributed by atoms with Gasteiger partial charge in [-0.15, -0.1) is 0 Å². The van der Waals surface area contributed by atoms with Gasteiger partial charge in [0.05, 0.1) is 10.6 Å². The second-order valence-electron chi connectivity index (χ2n) is 6.51. The maximum Gasteiger partial charge on any atom is 0.258 e. The van der Waals surface area contributed by atoms with Crippen LogP contribution in [0.5, 0.6) is 0 Å². The van der Waals surface area contributed by atoms with Crippen LogP contribution in [0, 0.1) is 17.6 Å². The van der Waals surface area contributed by atoms with E-state index in [0.717, 1.165) is 5.56 Å². The summed E-state index contributed by atoms with van der Waals surface area (Å²) in [4.78, 5) is 26.4. The number of hydrogen-bond donors (Lipinski definition) is 1. The van der Waals surface area contributed by atoms with E-state index >= 15 is 0 Å². The van der Waals surface area contributed by atoms with E-state index in [1.165, 1.54) is 35.2 Å². The smallest absolute Gasteiger partial charge is 0.258 e. The molecule has 1 aliphatic heterocycles. The molecule has 0 aromatic heterocycles. The molecule has 3 rings (SSSR count). The van der Waals surface area contributed by atoms with Crippen molar-refractivity contribution in [1.29, 1.82) is 0 Å². The Bertz CT molecular complexity index is 814. The third-order valence-corrected chi connectivity index (χ3v) is 5.02. The zero-order chi connectivity index (χ0) is 19.4. The molecule has 0 aliphatic carbocycles. The first-order valence-corrected chi connectivity index (χ1v) is 9.09. The van der Waals surface area contributed by atoms with Crippen molar-refractivity contribution in [3.05, 3.63) is 70.2 Å². The third-order valence-electron chi connectivity index (χ3n) is 4.71. The number of piperidine rings is 1. The molecule has 1 aliphatic rings. The lowest BCUT2D eigenvalue weighted by molar-refractivity contribution is -0.126. The molecule has 2 aromatic carbocycles. The van der Waals surface area contributed by atoms with Crippen LogP contribution in [0.1, 0.15) is 28.8 Å². The van der Waals surface area contributed by atoms with Gasteiger partial charge in [0.2, 0.25) is 5.91 Å². The molecule has 1 heterocycles. The highest BCUT2D eigenvalue weighted by Crippen LogP contribution is 2.24. The lowest BCUT2D eigenvalue weighted by Crippen LogP contribution is -2.43. The van der Waals surface area contributed by atoms with Gasteiger partial charge in [0.25, 0.3) is 5.91 Å². The molecule has 0 bridgehead atoms. The fraction of sp³-hybridized carbons (Fsp3) is 0.300. The maximum atomic E-state index is 13.9. The van der Waals surface area contributed by atoms with Crippen LogP contribution in [0.25, 0.3) is 0 Å². The number of carbonyl (C=O) groups excluding carboxylic acids is 2. The van der Waals surface area contributed by atoms with Gasteiger partial charge in [0.15, 0.2) is 0 Å². The molecule has 0 radical (unpaired) electrons. The van der Waals surface area contributed by atoms with Crippen LogP contribution < -0.4 is 5.32 Å². The van der Waals surface area contributed by atoms with Gasteiger partial charge in [-0.2, -0.15) is 0 Å². The molecule has 27 heavy (non-hydrogen) atoms. The summed E-state index contributed by atoms with van der Waals surface area (Å²) in [5, 5.41) is 2.92. The fourth-order valence-electron chi connectivity index (χ4n) is 3.14. The summed E-state index contributed by atoms with van der Waals surface area (Å²) in [7, 11) is 0. The summed E-state index contributed by atoms with van der Waals surface area (Å²) in [5.74, 6) is -1.74. The van der Waals surface area contributed by atoms with E-state index in [1.54, 1.807) is 12.1 Å². The predicted molar refractivity (Wildman–Crippen MR) is 98.3 cm³/mol. The van der Waals surface area contributed by atoms with Gasteiger partial charge < -0.3 is 10.2 Å². The Balaban J connectivity index is 1.53. The van der Waals surface area contributed by atoms with Gasteiger partial charge in [0, 0.05) is 25.6 Å². The van der Waals surface area contributed by atoms with Gasteiger partial charge in [-0.1, -0.05) is 29.8 Å². The zero-order valence-corrected chi connectivity index (χ0v) is 15.3. The van der Waals surface area contributed by atoms with E-state index in [2.05, 4.69) is 5.32 Å². The summed E-state index contributed by atoms with van der Waals surface area (Å²) in [5.41, 5.74) is 0.685. The van der Waals surface area contributed by atoms with Crippen LogP contribution in [0.2, 0.25) is 5.02 Å². The van der Waals surface area contributed by atoms with Gasteiger partial charge in [-0.3, -0.25) is 9.59 Å². The van der Waals surface area contributed by atoms with E-state index < -0.39 is 11.7 Å². The first-order valence-electron chi connectivity index (χ1n) is 8.71. The van der Waals surface area contributed by atoms with Crippen molar-refractivity contribution in [1.82, 2.24) is 10.2 Å². The predicted octanol–water partition coefficient (Wildman–Crippen LogP) is 3.79. The summed E-state index contributed by atoms with van der Waals surface area (Å²) in [6.45, 7) is 1.04. The number of halogens is 3. The standard InChI is InChI=1S/C20H19ClF2N2O2/c21-16-2-1-3-17(23)18(16)20(27)25-10-8-14(9-11-25)19(26)24-12-13-4-6-15(22)7-5-13/h1-7,14H,8-12H2,(H,24,26). The lowest BCUT2D eigenvalue weighted by Gasteiger charge is -2.31. The third kappa shape index (κ3) is 4.63. The van der Waals surface area contributed by atoms with Crippen molar-refractivity contribution < 1.29 is 18.4 Å². The Hall–Kier alpha value is -2.47. The van der Waals surface area contributed by atoms with E-state index in [1.807, 2.05) is 0 Å². The van der Waals surface area contributed by atoms with Crippen molar-refractivity contribution in [2.75, 3.05) is 13.1 Å². The molecule has 1 N–H and O–H groups in total. The molecule has 0 saturated carbocycles. The summed E-state index contributed by atoms with van der Waals surface area (Å²) < 4.78 is 26.8. The van der Waals surface area contributed by atoms with Crippen LogP contribution in [0.4, 0.5) is 8.78 Å². The molecular formula is C20H19ClF2N2O2. The molecule has 2 amide bonds. The lowest BCUT2D eigenvalue weighted by atomic mass is 9.95. The largest absolute Gasteiger partial charge is 0.352 e. The van der Waals surface area contributed by atoms with Gasteiger partial charge >= 0.3 is 0 Å². The monoisotopic (exact) mass is 392 g/mol. The van der Waals surface area contributed by atoms with Crippen LogP contribution in [0.15, 0.2) is 42.5 Å². The minimum atomic E-state index is -0.647. The molecule has 0 unspecified atom stereocenters. The maximum absolute atomic E-state index is 13.9. The summed E-state index contributed by atoms with van der Waals surface area (Å²) in [6.07, 6.45) is 0.986. The minimum Gasteiger partial charge on any atom is -0.352 e. The molecule has 2 aromatic rings. The second-order valence-corrected chi connectivity index (χ2v) is 6.91. The number of hydrogen-bond acceptors (Lipinski definition) is 2. The van der Waals surface area contributed by atoms with Crippen LogP contribution in [-0.2, 0) is 11.3 Å². The SMILES string of the molecule is O=C(NCc1ccc(F)cc1)C1CCN(C(=O)c2c(F)cccc2Cl)CC1. The average Bonchev–Trinajstić information content (AvgIpc) is 2.67. The van der Waals surface area contributed by atoms with Crippen molar-refractivity contribution >= 4 is 23.4 Å². The van der Waals surface area contributed by atoms with Crippen LogP contribution in [-0.4, -0.2) is 29.8 Å². The highest BCUT2D eigenvalue weighted by molar-refractivity contribution is 6.33. The number of benzene rings is 2. The Morgan fingerprint density at radius 2 is 1.74 bits per heavy atom. The van der Waals surface area contributed by atoms with Gasteiger partial charge in [-0.05, 0) is 42.7 Å². The molecule has 1 fully saturated rings.